The summed E-state index contributed by atoms with van der Waals surface area (Å²) < 4.78 is 0.760. The Hall–Kier alpha value is -1.03. The first kappa shape index (κ1) is 15.0. The minimum absolute atomic E-state index is 0.540. The average molecular weight is 314 g/mol. The number of para-hydroxylation sites is 1. The summed E-state index contributed by atoms with van der Waals surface area (Å²) in [6.45, 7) is 3.97. The third-order valence-corrected chi connectivity index (χ3v) is 4.23. The minimum atomic E-state index is -0.871. The van der Waals surface area contributed by atoms with Crippen LogP contribution in [0.1, 0.15) is 45.1 Å². The molecule has 0 saturated carbocycles. The number of hydrogen-bond acceptors (Lipinski definition) is 2. The summed E-state index contributed by atoms with van der Waals surface area (Å²) in [5.74, 6) is -0.789. The summed E-state index contributed by atoms with van der Waals surface area (Å²) >= 11 is 3.37. The Balaban J connectivity index is 3.32. The fourth-order valence-electron chi connectivity index (χ4n) is 2.31. The predicted molar refractivity (Wildman–Crippen MR) is 77.7 cm³/mol. The van der Waals surface area contributed by atoms with Crippen molar-refractivity contribution in [1.82, 2.24) is 0 Å². The molecule has 1 aromatic rings. The number of hydrogen-bond donors (Lipinski definition) is 2. The Kier molecular flexibility index (Phi) is 5.20. The first-order valence-electron chi connectivity index (χ1n) is 6.27. The van der Waals surface area contributed by atoms with E-state index in [2.05, 4.69) is 22.9 Å². The number of aliphatic carboxylic acids is 1. The zero-order valence-electron chi connectivity index (χ0n) is 10.9. The first-order valence-corrected chi connectivity index (χ1v) is 7.06. The average Bonchev–Trinajstić information content (AvgIpc) is 2.35. The van der Waals surface area contributed by atoms with E-state index in [0.717, 1.165) is 22.9 Å². The van der Waals surface area contributed by atoms with Crippen molar-refractivity contribution in [3.8, 4) is 0 Å². The highest BCUT2D eigenvalue weighted by Gasteiger charge is 2.39. The van der Waals surface area contributed by atoms with Gasteiger partial charge in [0, 0.05) is 4.47 Å². The van der Waals surface area contributed by atoms with Gasteiger partial charge >= 0.3 is 5.97 Å². The lowest BCUT2D eigenvalue weighted by molar-refractivity contribution is -0.144. The fourth-order valence-corrected chi connectivity index (χ4v) is 2.67. The van der Waals surface area contributed by atoms with Gasteiger partial charge in [-0.2, -0.15) is 0 Å². The van der Waals surface area contributed by atoms with Crippen LogP contribution < -0.4 is 5.73 Å². The number of nitrogen functional groups attached to an aromatic ring is 1. The molecule has 4 heteroatoms. The van der Waals surface area contributed by atoms with Gasteiger partial charge in [0.1, 0.15) is 0 Å². The van der Waals surface area contributed by atoms with E-state index in [-0.39, 0.29) is 0 Å². The van der Waals surface area contributed by atoms with Gasteiger partial charge in [0.2, 0.25) is 0 Å². The van der Waals surface area contributed by atoms with Gasteiger partial charge < -0.3 is 10.8 Å². The van der Waals surface area contributed by atoms with Crippen LogP contribution in [0.4, 0.5) is 5.69 Å². The van der Waals surface area contributed by atoms with E-state index >= 15 is 0 Å². The van der Waals surface area contributed by atoms with Crippen LogP contribution in [-0.2, 0) is 10.2 Å². The highest BCUT2D eigenvalue weighted by molar-refractivity contribution is 9.10. The molecule has 18 heavy (non-hydrogen) atoms. The van der Waals surface area contributed by atoms with Crippen LogP contribution in [0.3, 0.4) is 0 Å². The van der Waals surface area contributed by atoms with Gasteiger partial charge in [0.15, 0.2) is 0 Å². The molecule has 3 nitrogen and oxygen atoms in total. The molecule has 0 fully saturated rings. The number of halogens is 1. The Labute approximate surface area is 117 Å². The number of benzene rings is 1. The standard InChI is InChI=1S/C14H20BrNO2/c1-3-5-9-14(4-2,13(17)18)10-7-6-8-11(15)12(10)16/h6-8H,3-5,9,16H2,1-2H3,(H,17,18). The molecule has 100 valence electrons. The maximum atomic E-state index is 11.8. The monoisotopic (exact) mass is 313 g/mol. The van der Waals surface area contributed by atoms with Crippen LogP contribution in [-0.4, -0.2) is 11.1 Å². The maximum Gasteiger partial charge on any atom is 0.314 e. The van der Waals surface area contributed by atoms with Gasteiger partial charge in [0.25, 0.3) is 0 Å². The maximum absolute atomic E-state index is 11.8. The van der Waals surface area contributed by atoms with E-state index in [0.29, 0.717) is 18.5 Å². The van der Waals surface area contributed by atoms with Crippen molar-refractivity contribution in [3.63, 3.8) is 0 Å². The summed E-state index contributed by atoms with van der Waals surface area (Å²) in [6.07, 6.45) is 3.02. The molecule has 0 radical (unpaired) electrons. The largest absolute Gasteiger partial charge is 0.481 e. The Morgan fingerprint density at radius 1 is 1.44 bits per heavy atom. The first-order chi connectivity index (χ1) is 8.49. The third-order valence-electron chi connectivity index (χ3n) is 3.54. The second-order valence-electron chi connectivity index (χ2n) is 4.55. The Morgan fingerprint density at radius 2 is 2.11 bits per heavy atom. The number of rotatable bonds is 6. The predicted octanol–water partition coefficient (Wildman–Crippen LogP) is 3.95. The zero-order valence-corrected chi connectivity index (χ0v) is 12.5. The highest BCUT2D eigenvalue weighted by Crippen LogP contribution is 2.39. The number of unbranched alkanes of at least 4 members (excludes halogenated alkanes) is 1. The molecule has 0 amide bonds. The second-order valence-corrected chi connectivity index (χ2v) is 5.40. The van der Waals surface area contributed by atoms with Crippen molar-refractivity contribution >= 4 is 27.6 Å². The summed E-state index contributed by atoms with van der Waals surface area (Å²) in [7, 11) is 0. The van der Waals surface area contributed by atoms with Crippen LogP contribution in [0, 0.1) is 0 Å². The SMILES string of the molecule is CCCCC(CC)(C(=O)O)c1cccc(Br)c1N. The molecular formula is C14H20BrNO2. The van der Waals surface area contributed by atoms with Crippen LogP contribution in [0.25, 0.3) is 0 Å². The molecule has 0 aliphatic rings. The van der Waals surface area contributed by atoms with Crippen LogP contribution in [0.5, 0.6) is 0 Å². The van der Waals surface area contributed by atoms with E-state index < -0.39 is 11.4 Å². The molecule has 1 rings (SSSR count). The van der Waals surface area contributed by atoms with Gasteiger partial charge in [-0.3, -0.25) is 4.79 Å². The lowest BCUT2D eigenvalue weighted by atomic mass is 9.73. The number of nitrogens with two attached hydrogens (primary N) is 1. The molecule has 0 aromatic heterocycles. The van der Waals surface area contributed by atoms with Gasteiger partial charge in [-0.15, -0.1) is 0 Å². The molecule has 0 saturated heterocycles. The van der Waals surface area contributed by atoms with Crippen molar-refractivity contribution < 1.29 is 9.90 Å². The van der Waals surface area contributed by atoms with E-state index in [1.165, 1.54) is 0 Å². The van der Waals surface area contributed by atoms with Crippen LogP contribution in [0.2, 0.25) is 0 Å². The van der Waals surface area contributed by atoms with Crippen molar-refractivity contribution in [2.45, 2.75) is 44.9 Å². The van der Waals surface area contributed by atoms with Crippen LogP contribution >= 0.6 is 15.9 Å². The highest BCUT2D eigenvalue weighted by atomic mass is 79.9. The number of anilines is 1. The number of carboxylic acid groups (broad SMARTS) is 1. The Morgan fingerprint density at radius 3 is 2.61 bits per heavy atom. The molecule has 1 atom stereocenters. The molecule has 0 spiro atoms. The molecule has 0 heterocycles. The molecule has 1 aromatic carbocycles. The van der Waals surface area contributed by atoms with E-state index in [1.807, 2.05) is 25.1 Å². The molecular weight excluding hydrogens is 294 g/mol. The molecule has 0 aliphatic carbocycles. The summed E-state index contributed by atoms with van der Waals surface area (Å²) in [5, 5.41) is 9.65. The fraction of sp³-hybridized carbons (Fsp3) is 0.500. The smallest absolute Gasteiger partial charge is 0.314 e. The van der Waals surface area contributed by atoms with Crippen molar-refractivity contribution in [3.05, 3.63) is 28.2 Å². The van der Waals surface area contributed by atoms with Gasteiger partial charge in [-0.25, -0.2) is 0 Å². The summed E-state index contributed by atoms with van der Waals surface area (Å²) in [6, 6.07) is 5.50. The quantitative estimate of drug-likeness (QED) is 0.781. The van der Waals surface area contributed by atoms with Crippen molar-refractivity contribution in [2.24, 2.45) is 0 Å². The Bertz CT molecular complexity index is 434. The minimum Gasteiger partial charge on any atom is -0.481 e. The van der Waals surface area contributed by atoms with Crippen molar-refractivity contribution in [2.75, 3.05) is 5.73 Å². The molecule has 0 aliphatic heterocycles. The van der Waals surface area contributed by atoms with Gasteiger partial charge in [-0.1, -0.05) is 38.8 Å². The zero-order chi connectivity index (χ0) is 13.8. The van der Waals surface area contributed by atoms with Gasteiger partial charge in [-0.05, 0) is 40.4 Å². The lowest BCUT2D eigenvalue weighted by Gasteiger charge is -2.30. The van der Waals surface area contributed by atoms with Crippen LogP contribution in [0.15, 0.2) is 22.7 Å². The summed E-state index contributed by atoms with van der Waals surface area (Å²) in [4.78, 5) is 11.8. The lowest BCUT2D eigenvalue weighted by Crippen LogP contribution is -2.36. The second kappa shape index (κ2) is 6.23. The molecule has 3 N–H and O–H groups in total. The van der Waals surface area contributed by atoms with Gasteiger partial charge in [0.05, 0.1) is 11.1 Å². The molecule has 0 bridgehead atoms. The van der Waals surface area contributed by atoms with Crippen molar-refractivity contribution in [1.29, 1.82) is 0 Å². The number of carboxylic acids is 1. The van der Waals surface area contributed by atoms with E-state index in [1.54, 1.807) is 0 Å². The third kappa shape index (κ3) is 2.69. The number of carbonyl (C=O) groups is 1. The van der Waals surface area contributed by atoms with E-state index in [4.69, 9.17) is 5.73 Å². The van der Waals surface area contributed by atoms with E-state index in [9.17, 15) is 9.90 Å². The molecule has 1 unspecified atom stereocenters. The summed E-state index contributed by atoms with van der Waals surface area (Å²) in [5.41, 5.74) is 6.43. The normalized spacial score (nSPS) is 14.2. The topological polar surface area (TPSA) is 63.3 Å².